The lowest BCUT2D eigenvalue weighted by Crippen LogP contribution is -2.43. The van der Waals surface area contributed by atoms with Crippen LogP contribution in [0, 0.1) is 5.41 Å². The SMILES string of the molecule is C=CCOC.CN(Nc1ccc(N2CCNCC2)cc1)/C(Oc1cccc(N)c1)=C1/SC=CC1=N.Cl.[HH]. The Morgan fingerprint density at radius 2 is 2.00 bits per heavy atom. The van der Waals surface area contributed by atoms with Crippen LogP contribution in [0.1, 0.15) is 1.43 Å². The van der Waals surface area contributed by atoms with Gasteiger partial charge in [-0.25, -0.2) is 0 Å². The van der Waals surface area contributed by atoms with Gasteiger partial charge in [0.25, 0.3) is 0 Å². The monoisotopic (exact) mass is 532 g/mol. The van der Waals surface area contributed by atoms with Gasteiger partial charge in [-0.3, -0.25) is 15.8 Å². The zero-order chi connectivity index (χ0) is 25.0. The van der Waals surface area contributed by atoms with Crippen molar-refractivity contribution in [2.75, 3.05) is 63.0 Å². The summed E-state index contributed by atoms with van der Waals surface area (Å²) < 4.78 is 10.7. The van der Waals surface area contributed by atoms with E-state index in [0.29, 0.717) is 29.6 Å². The molecule has 2 heterocycles. The Kier molecular flexibility index (Phi) is 12.2. The average Bonchev–Trinajstić information content (AvgIpc) is 3.30. The molecule has 10 heteroatoms. The number of nitrogens with zero attached hydrogens (tertiary/aromatic N) is 2. The van der Waals surface area contributed by atoms with E-state index in [1.54, 1.807) is 30.3 Å². The fourth-order valence-corrected chi connectivity index (χ4v) is 4.28. The van der Waals surface area contributed by atoms with Gasteiger partial charge in [-0.1, -0.05) is 23.9 Å². The van der Waals surface area contributed by atoms with Crippen LogP contribution in [0.3, 0.4) is 0 Å². The van der Waals surface area contributed by atoms with Crippen molar-refractivity contribution < 1.29 is 10.9 Å². The molecule has 4 rings (SSSR count). The largest absolute Gasteiger partial charge is 0.438 e. The van der Waals surface area contributed by atoms with Gasteiger partial charge in [0.05, 0.1) is 22.9 Å². The molecule has 0 aliphatic carbocycles. The molecule has 0 radical (unpaired) electrons. The fraction of sp³-hybridized carbons (Fsp3) is 0.269. The maximum atomic E-state index is 8.22. The molecule has 36 heavy (non-hydrogen) atoms. The van der Waals surface area contributed by atoms with Crippen molar-refractivity contribution in [1.29, 1.82) is 5.41 Å². The minimum absolute atomic E-state index is 0. The second-order valence-electron chi connectivity index (χ2n) is 7.84. The average molecular weight is 533 g/mol. The lowest BCUT2D eigenvalue weighted by Gasteiger charge is -2.30. The Hall–Kier alpha value is -3.11. The first-order valence-corrected chi connectivity index (χ1v) is 12.3. The summed E-state index contributed by atoms with van der Waals surface area (Å²) in [6.07, 6.45) is 3.47. The van der Waals surface area contributed by atoms with E-state index in [-0.39, 0.29) is 13.8 Å². The molecule has 5 N–H and O–H groups in total. The van der Waals surface area contributed by atoms with Crippen LogP contribution in [-0.4, -0.2) is 57.7 Å². The van der Waals surface area contributed by atoms with E-state index >= 15 is 0 Å². The summed E-state index contributed by atoms with van der Waals surface area (Å²) in [6, 6.07) is 15.7. The molecule has 8 nitrogen and oxygen atoms in total. The van der Waals surface area contributed by atoms with Gasteiger partial charge in [0.2, 0.25) is 5.88 Å². The predicted octanol–water partition coefficient (Wildman–Crippen LogP) is 4.95. The molecule has 2 aliphatic heterocycles. The highest BCUT2D eigenvalue weighted by Crippen LogP contribution is 2.32. The number of nitrogen functional groups attached to an aromatic ring is 1. The number of ether oxygens (including phenoxy) is 2. The van der Waals surface area contributed by atoms with Gasteiger partial charge in [0, 0.05) is 59.2 Å². The Bertz CT molecular complexity index is 1060. The number of thioether (sulfide) groups is 1. The summed E-state index contributed by atoms with van der Waals surface area (Å²) >= 11 is 1.47. The van der Waals surface area contributed by atoms with Crippen LogP contribution in [0.4, 0.5) is 17.1 Å². The summed E-state index contributed by atoms with van der Waals surface area (Å²) in [5.74, 6) is 1.17. The molecule has 0 amide bonds. The van der Waals surface area contributed by atoms with Crippen LogP contribution in [0.25, 0.3) is 0 Å². The van der Waals surface area contributed by atoms with Crippen molar-refractivity contribution in [3.05, 3.63) is 83.5 Å². The smallest absolute Gasteiger partial charge is 0.230 e. The number of methoxy groups -OCH3 is 1. The minimum Gasteiger partial charge on any atom is -0.438 e. The number of hydrogen-bond donors (Lipinski definition) is 4. The predicted molar refractivity (Wildman–Crippen MR) is 157 cm³/mol. The first kappa shape index (κ1) is 29.1. The maximum absolute atomic E-state index is 8.22. The van der Waals surface area contributed by atoms with Gasteiger partial charge < -0.3 is 25.4 Å². The molecule has 2 aromatic rings. The molecule has 0 unspecified atom stereocenters. The maximum Gasteiger partial charge on any atom is 0.230 e. The van der Waals surface area contributed by atoms with Crippen LogP contribution in [0.15, 0.2) is 83.5 Å². The molecule has 0 saturated carbocycles. The summed E-state index contributed by atoms with van der Waals surface area (Å²) in [4.78, 5) is 3.12. The van der Waals surface area contributed by atoms with E-state index in [1.807, 2.05) is 30.7 Å². The molecule has 0 spiro atoms. The number of anilines is 3. The van der Waals surface area contributed by atoms with E-state index < -0.39 is 0 Å². The third-order valence-corrected chi connectivity index (χ3v) is 6.07. The van der Waals surface area contributed by atoms with Gasteiger partial charge in [-0.2, -0.15) is 0 Å². The second-order valence-corrected chi connectivity index (χ2v) is 8.76. The third kappa shape index (κ3) is 8.53. The minimum atomic E-state index is 0. The quantitative estimate of drug-likeness (QED) is 0.164. The van der Waals surface area contributed by atoms with E-state index in [1.165, 1.54) is 17.4 Å². The summed E-state index contributed by atoms with van der Waals surface area (Å²) in [7, 11) is 3.52. The van der Waals surface area contributed by atoms with Crippen LogP contribution < -0.4 is 26.1 Å². The number of rotatable bonds is 8. The number of hydrazine groups is 1. The number of piperazine rings is 1. The molecular weight excluding hydrogens is 496 g/mol. The number of benzene rings is 2. The zero-order valence-corrected chi connectivity index (χ0v) is 22.3. The van der Waals surface area contributed by atoms with E-state index in [0.717, 1.165) is 36.8 Å². The van der Waals surface area contributed by atoms with Gasteiger partial charge in [0.1, 0.15) is 5.75 Å². The molecule has 0 bridgehead atoms. The molecular formula is C26H37ClN6O2S. The van der Waals surface area contributed by atoms with Crippen LogP contribution >= 0.6 is 24.2 Å². The standard InChI is InChI=1S/C22H26N6OS.C4H8O.ClH.H2/c1-27(26-17-5-7-18(8-6-17)28-12-10-25-11-13-28)22(21-20(24)9-14-30-21)29-19-4-2-3-16(23)15-19;1-3-4-5-2;;/h2-9,14-15,24-26H,10-13,23H2,1H3;3H,1,4H2,2H3;2*1H/b22-21-,24-20?;;;. The molecule has 0 atom stereocenters. The highest BCUT2D eigenvalue weighted by atomic mass is 35.5. The number of hydrogen-bond acceptors (Lipinski definition) is 9. The van der Waals surface area contributed by atoms with Crippen LogP contribution in [0.2, 0.25) is 0 Å². The molecule has 1 saturated heterocycles. The van der Waals surface area contributed by atoms with Crippen molar-refractivity contribution in [1.82, 2.24) is 10.3 Å². The van der Waals surface area contributed by atoms with Gasteiger partial charge >= 0.3 is 0 Å². The molecule has 196 valence electrons. The Labute approximate surface area is 225 Å². The Morgan fingerprint density at radius 1 is 1.28 bits per heavy atom. The number of halogens is 1. The molecule has 2 aromatic carbocycles. The second kappa shape index (κ2) is 15.1. The van der Waals surface area contributed by atoms with Gasteiger partial charge in [-0.05, 0) is 47.9 Å². The van der Waals surface area contributed by atoms with E-state index in [4.69, 9.17) is 15.9 Å². The first-order valence-electron chi connectivity index (χ1n) is 11.4. The molecule has 0 aromatic heterocycles. The van der Waals surface area contributed by atoms with Gasteiger partial charge in [0.15, 0.2) is 0 Å². The lowest BCUT2D eigenvalue weighted by molar-refractivity contribution is 0.234. The number of nitrogens with two attached hydrogens (primary N) is 1. The highest BCUT2D eigenvalue weighted by molar-refractivity contribution is 8.07. The Balaban J connectivity index is 0.000000895. The summed E-state index contributed by atoms with van der Waals surface area (Å²) in [5, 5.41) is 15.3. The summed E-state index contributed by atoms with van der Waals surface area (Å²) in [5.41, 5.74) is 12.5. The normalized spacial score (nSPS) is 15.8. The van der Waals surface area contributed by atoms with E-state index in [2.05, 4.69) is 51.2 Å². The van der Waals surface area contributed by atoms with Crippen LogP contribution in [-0.2, 0) is 4.74 Å². The fourth-order valence-electron chi connectivity index (χ4n) is 3.46. The van der Waals surface area contributed by atoms with Crippen LogP contribution in [0.5, 0.6) is 5.75 Å². The zero-order valence-electron chi connectivity index (χ0n) is 20.7. The van der Waals surface area contributed by atoms with Crippen molar-refractivity contribution in [3.63, 3.8) is 0 Å². The van der Waals surface area contributed by atoms with Crippen molar-refractivity contribution in [2.24, 2.45) is 0 Å². The van der Waals surface area contributed by atoms with Crippen molar-refractivity contribution in [3.8, 4) is 5.75 Å². The molecule has 2 aliphatic rings. The summed E-state index contributed by atoms with van der Waals surface area (Å²) in [6.45, 7) is 8.14. The third-order valence-electron chi connectivity index (χ3n) is 5.17. The number of nitrogens with one attached hydrogen (secondary N) is 3. The lowest BCUT2D eigenvalue weighted by atomic mass is 10.2. The van der Waals surface area contributed by atoms with E-state index in [9.17, 15) is 0 Å². The topological polar surface area (TPSA) is 98.9 Å². The first-order chi connectivity index (χ1) is 17.0. The number of allylic oxidation sites excluding steroid dienone is 2. The Morgan fingerprint density at radius 3 is 2.56 bits per heavy atom. The van der Waals surface area contributed by atoms with Gasteiger partial charge in [-0.15, -0.1) is 19.0 Å². The van der Waals surface area contributed by atoms with Crippen molar-refractivity contribution in [2.45, 2.75) is 0 Å². The highest BCUT2D eigenvalue weighted by Gasteiger charge is 2.21. The molecule has 1 fully saturated rings. The van der Waals surface area contributed by atoms with Crippen molar-refractivity contribution >= 4 is 46.9 Å².